The van der Waals surface area contributed by atoms with Gasteiger partial charge in [0.25, 0.3) is 0 Å². The molecular weight excluding hydrogens is 216 g/mol. The van der Waals surface area contributed by atoms with E-state index in [-0.39, 0.29) is 5.75 Å². The highest BCUT2D eigenvalue weighted by molar-refractivity contribution is 5.31. The molecule has 1 atom stereocenters. The Bertz CT molecular complexity index is 373. The van der Waals surface area contributed by atoms with Crippen LogP contribution in [0, 0.1) is 0 Å². The van der Waals surface area contributed by atoms with Crippen LogP contribution >= 0.6 is 0 Å². The number of benzene rings is 1. The van der Waals surface area contributed by atoms with Crippen LogP contribution in [0.2, 0.25) is 0 Å². The van der Waals surface area contributed by atoms with Gasteiger partial charge in [-0.25, -0.2) is 0 Å². The van der Waals surface area contributed by atoms with Crippen molar-refractivity contribution in [2.45, 2.75) is 12.5 Å². The minimum absolute atomic E-state index is 0.197. The number of aliphatic hydroxyl groups is 1. The van der Waals surface area contributed by atoms with Gasteiger partial charge in [-0.05, 0) is 24.6 Å². The first-order valence-corrected chi connectivity index (χ1v) is 6.03. The highest BCUT2D eigenvalue weighted by Gasteiger charge is 2.27. The molecule has 4 nitrogen and oxygen atoms in total. The third-order valence-electron chi connectivity index (χ3n) is 3.21. The lowest BCUT2D eigenvalue weighted by Crippen LogP contribution is -2.48. The quantitative estimate of drug-likeness (QED) is 0.715. The van der Waals surface area contributed by atoms with Crippen molar-refractivity contribution < 1.29 is 10.2 Å². The van der Waals surface area contributed by atoms with E-state index in [1.807, 2.05) is 6.07 Å². The SMILES string of the molecule is CC(O)(CN1CCNCC1)c1cccc(O)c1. The number of phenolic OH excluding ortho intramolecular Hbond substituents is 1. The molecule has 3 N–H and O–H groups in total. The summed E-state index contributed by atoms with van der Waals surface area (Å²) in [6.07, 6.45) is 0. The second kappa shape index (κ2) is 5.04. The zero-order chi connectivity index (χ0) is 12.3. The van der Waals surface area contributed by atoms with Gasteiger partial charge in [-0.15, -0.1) is 0 Å². The standard InChI is InChI=1S/C13H20N2O2/c1-13(17,10-15-7-5-14-6-8-15)11-3-2-4-12(16)9-11/h2-4,9,14,16-17H,5-8,10H2,1H3. The Balaban J connectivity index is 2.06. The van der Waals surface area contributed by atoms with Crippen LogP contribution in [0.3, 0.4) is 0 Å². The second-order valence-corrected chi connectivity index (χ2v) is 4.85. The Morgan fingerprint density at radius 1 is 1.35 bits per heavy atom. The molecule has 0 saturated carbocycles. The number of nitrogens with one attached hydrogen (secondary N) is 1. The Kier molecular flexibility index (Phi) is 3.66. The maximum atomic E-state index is 10.5. The first-order chi connectivity index (χ1) is 8.08. The van der Waals surface area contributed by atoms with E-state index >= 15 is 0 Å². The molecule has 2 rings (SSSR count). The molecule has 94 valence electrons. The Hall–Kier alpha value is -1.10. The second-order valence-electron chi connectivity index (χ2n) is 4.85. The lowest BCUT2D eigenvalue weighted by atomic mass is 9.95. The minimum atomic E-state index is -0.921. The fraction of sp³-hybridized carbons (Fsp3) is 0.538. The lowest BCUT2D eigenvalue weighted by Gasteiger charge is -2.34. The van der Waals surface area contributed by atoms with Crippen LogP contribution < -0.4 is 5.32 Å². The van der Waals surface area contributed by atoms with Crippen molar-refractivity contribution in [1.82, 2.24) is 10.2 Å². The Morgan fingerprint density at radius 2 is 2.06 bits per heavy atom. The van der Waals surface area contributed by atoms with Gasteiger partial charge in [0.05, 0.1) is 5.60 Å². The van der Waals surface area contributed by atoms with Crippen LogP contribution in [0.4, 0.5) is 0 Å². The maximum Gasteiger partial charge on any atom is 0.115 e. The topological polar surface area (TPSA) is 55.7 Å². The number of phenols is 1. The van der Waals surface area contributed by atoms with Gasteiger partial charge in [-0.1, -0.05) is 12.1 Å². The van der Waals surface area contributed by atoms with Crippen LogP contribution in [-0.2, 0) is 5.60 Å². The lowest BCUT2D eigenvalue weighted by molar-refractivity contribution is 0.0124. The highest BCUT2D eigenvalue weighted by Crippen LogP contribution is 2.24. The molecule has 0 radical (unpaired) electrons. The van der Waals surface area contributed by atoms with Gasteiger partial charge in [-0.3, -0.25) is 4.90 Å². The average molecular weight is 236 g/mol. The van der Waals surface area contributed by atoms with Crippen LogP contribution in [-0.4, -0.2) is 47.8 Å². The molecule has 0 spiro atoms. The number of hydrogen-bond acceptors (Lipinski definition) is 4. The number of hydrogen-bond donors (Lipinski definition) is 3. The summed E-state index contributed by atoms with van der Waals surface area (Å²) in [5.74, 6) is 0.197. The fourth-order valence-corrected chi connectivity index (χ4v) is 2.24. The van der Waals surface area contributed by atoms with E-state index in [0.717, 1.165) is 31.7 Å². The van der Waals surface area contributed by atoms with Gasteiger partial charge in [0.1, 0.15) is 5.75 Å². The summed E-state index contributed by atoms with van der Waals surface area (Å²) in [5, 5.41) is 23.2. The Morgan fingerprint density at radius 3 is 2.71 bits per heavy atom. The molecule has 0 bridgehead atoms. The highest BCUT2D eigenvalue weighted by atomic mass is 16.3. The predicted octanol–water partition coefficient (Wildman–Crippen LogP) is 0.505. The molecule has 0 aliphatic carbocycles. The average Bonchev–Trinajstić information content (AvgIpc) is 2.30. The van der Waals surface area contributed by atoms with Crippen LogP contribution in [0.25, 0.3) is 0 Å². The normalized spacial score (nSPS) is 21.1. The van der Waals surface area contributed by atoms with Gasteiger partial charge in [0, 0.05) is 32.7 Å². The molecule has 1 aliphatic heterocycles. The summed E-state index contributed by atoms with van der Waals surface area (Å²) >= 11 is 0. The van der Waals surface area contributed by atoms with E-state index in [1.54, 1.807) is 25.1 Å². The maximum absolute atomic E-state index is 10.5. The smallest absolute Gasteiger partial charge is 0.115 e. The number of nitrogens with zero attached hydrogens (tertiary/aromatic N) is 1. The van der Waals surface area contributed by atoms with Crippen molar-refractivity contribution in [3.8, 4) is 5.75 Å². The Labute approximate surface area is 102 Å². The molecule has 1 unspecified atom stereocenters. The summed E-state index contributed by atoms with van der Waals surface area (Å²) in [7, 11) is 0. The number of piperazine rings is 1. The number of β-amino-alcohol motifs (C(OH)–C–C–N with tert-alkyl or cyclic N) is 1. The van der Waals surface area contributed by atoms with Gasteiger partial charge in [0.15, 0.2) is 0 Å². The van der Waals surface area contributed by atoms with Gasteiger partial charge in [-0.2, -0.15) is 0 Å². The predicted molar refractivity (Wildman–Crippen MR) is 67.0 cm³/mol. The van der Waals surface area contributed by atoms with Crippen molar-refractivity contribution in [2.24, 2.45) is 0 Å². The zero-order valence-electron chi connectivity index (χ0n) is 10.2. The van der Waals surface area contributed by atoms with Crippen molar-refractivity contribution in [1.29, 1.82) is 0 Å². The monoisotopic (exact) mass is 236 g/mol. The van der Waals surface area contributed by atoms with E-state index in [1.165, 1.54) is 0 Å². The molecule has 4 heteroatoms. The molecular formula is C13H20N2O2. The molecule has 1 fully saturated rings. The first-order valence-electron chi connectivity index (χ1n) is 6.03. The number of aromatic hydroxyl groups is 1. The van der Waals surface area contributed by atoms with Crippen molar-refractivity contribution in [3.63, 3.8) is 0 Å². The van der Waals surface area contributed by atoms with Crippen LogP contribution in [0.1, 0.15) is 12.5 Å². The van der Waals surface area contributed by atoms with Crippen molar-refractivity contribution in [2.75, 3.05) is 32.7 Å². The van der Waals surface area contributed by atoms with Gasteiger partial charge >= 0.3 is 0 Å². The summed E-state index contributed by atoms with van der Waals surface area (Å²) in [4.78, 5) is 2.24. The van der Waals surface area contributed by atoms with E-state index in [0.29, 0.717) is 6.54 Å². The minimum Gasteiger partial charge on any atom is -0.508 e. The van der Waals surface area contributed by atoms with Crippen molar-refractivity contribution >= 4 is 0 Å². The van der Waals surface area contributed by atoms with E-state index in [4.69, 9.17) is 0 Å². The zero-order valence-corrected chi connectivity index (χ0v) is 10.2. The number of rotatable bonds is 3. The third-order valence-corrected chi connectivity index (χ3v) is 3.21. The molecule has 17 heavy (non-hydrogen) atoms. The van der Waals surface area contributed by atoms with Gasteiger partial charge < -0.3 is 15.5 Å². The molecule has 1 aromatic rings. The summed E-state index contributed by atoms with van der Waals surface area (Å²) in [6.45, 7) is 6.23. The largest absolute Gasteiger partial charge is 0.508 e. The van der Waals surface area contributed by atoms with Crippen molar-refractivity contribution in [3.05, 3.63) is 29.8 Å². The third kappa shape index (κ3) is 3.19. The van der Waals surface area contributed by atoms with Crippen LogP contribution in [0.5, 0.6) is 5.75 Å². The molecule has 1 saturated heterocycles. The summed E-state index contributed by atoms with van der Waals surface area (Å²) in [5.41, 5.74) is -0.160. The molecule has 1 aromatic carbocycles. The summed E-state index contributed by atoms with van der Waals surface area (Å²) in [6, 6.07) is 6.85. The van der Waals surface area contributed by atoms with E-state index in [2.05, 4.69) is 10.2 Å². The molecule has 0 amide bonds. The van der Waals surface area contributed by atoms with Gasteiger partial charge in [0.2, 0.25) is 0 Å². The first kappa shape index (κ1) is 12.4. The molecule has 1 aliphatic rings. The van der Waals surface area contributed by atoms with Crippen LogP contribution in [0.15, 0.2) is 24.3 Å². The molecule has 1 heterocycles. The fourth-order valence-electron chi connectivity index (χ4n) is 2.24. The molecule has 0 aromatic heterocycles. The van der Waals surface area contributed by atoms with E-state index < -0.39 is 5.60 Å². The van der Waals surface area contributed by atoms with E-state index in [9.17, 15) is 10.2 Å². The summed E-state index contributed by atoms with van der Waals surface area (Å²) < 4.78 is 0.